The summed E-state index contributed by atoms with van der Waals surface area (Å²) in [6.07, 6.45) is 8.24. The molecule has 0 aromatic carbocycles. The predicted molar refractivity (Wildman–Crippen MR) is 85.2 cm³/mol. The van der Waals surface area contributed by atoms with Gasteiger partial charge in [-0.05, 0) is 38.0 Å². The Balaban J connectivity index is 1.84. The third-order valence-electron chi connectivity index (χ3n) is 5.30. The van der Waals surface area contributed by atoms with Crippen LogP contribution in [0.1, 0.15) is 58.3 Å². The summed E-state index contributed by atoms with van der Waals surface area (Å²) in [7, 11) is 0. The van der Waals surface area contributed by atoms with E-state index in [1.807, 2.05) is 4.90 Å². The minimum atomic E-state index is 0.0142. The third-order valence-corrected chi connectivity index (χ3v) is 5.30. The maximum atomic E-state index is 12.5. The molecular formula is C17H30N2O3. The molecule has 1 saturated heterocycles. The van der Waals surface area contributed by atoms with Crippen LogP contribution in [-0.4, -0.2) is 47.6 Å². The zero-order valence-electron chi connectivity index (χ0n) is 13.7. The molecule has 1 heterocycles. The Morgan fingerprint density at radius 3 is 2.32 bits per heavy atom. The van der Waals surface area contributed by atoms with Gasteiger partial charge in [-0.2, -0.15) is 0 Å². The first-order valence-corrected chi connectivity index (χ1v) is 8.78. The fraction of sp³-hybridized carbons (Fsp3) is 0.882. The molecule has 2 amide bonds. The molecule has 2 fully saturated rings. The van der Waals surface area contributed by atoms with Gasteiger partial charge in [-0.25, -0.2) is 0 Å². The second kappa shape index (κ2) is 8.51. The second-order valence-electron chi connectivity index (χ2n) is 6.81. The summed E-state index contributed by atoms with van der Waals surface area (Å²) in [5, 5.41) is 12.5. The molecule has 1 unspecified atom stereocenters. The molecule has 2 N–H and O–H groups in total. The summed E-state index contributed by atoms with van der Waals surface area (Å²) in [5.41, 5.74) is 0. The van der Waals surface area contributed by atoms with Gasteiger partial charge in [-0.3, -0.25) is 9.59 Å². The van der Waals surface area contributed by atoms with Gasteiger partial charge in [0.25, 0.3) is 0 Å². The number of aliphatic hydroxyl groups is 1. The van der Waals surface area contributed by atoms with E-state index in [0.29, 0.717) is 25.4 Å². The minimum Gasteiger partial charge on any atom is -0.396 e. The zero-order chi connectivity index (χ0) is 15.9. The molecule has 0 aromatic rings. The van der Waals surface area contributed by atoms with E-state index in [4.69, 9.17) is 0 Å². The van der Waals surface area contributed by atoms with Crippen molar-refractivity contribution < 1.29 is 14.7 Å². The fourth-order valence-corrected chi connectivity index (χ4v) is 3.86. The van der Waals surface area contributed by atoms with Gasteiger partial charge < -0.3 is 15.3 Å². The number of piperidine rings is 1. The molecule has 0 radical (unpaired) electrons. The predicted octanol–water partition coefficient (Wildman–Crippen LogP) is 1.69. The average Bonchev–Trinajstić information content (AvgIpc) is 2.55. The van der Waals surface area contributed by atoms with Crippen LogP contribution in [0.15, 0.2) is 0 Å². The molecule has 126 valence electrons. The summed E-state index contributed by atoms with van der Waals surface area (Å²) in [6.45, 7) is 3.08. The molecule has 2 rings (SSSR count). The van der Waals surface area contributed by atoms with Crippen LogP contribution in [0.3, 0.4) is 0 Å². The first-order chi connectivity index (χ1) is 10.6. The van der Waals surface area contributed by atoms with Gasteiger partial charge in [0.2, 0.25) is 11.8 Å². The monoisotopic (exact) mass is 310 g/mol. The zero-order valence-corrected chi connectivity index (χ0v) is 13.7. The van der Waals surface area contributed by atoms with E-state index in [2.05, 4.69) is 5.32 Å². The number of hydrogen-bond acceptors (Lipinski definition) is 3. The van der Waals surface area contributed by atoms with E-state index in [1.165, 1.54) is 19.3 Å². The molecular weight excluding hydrogens is 280 g/mol. The molecule has 1 saturated carbocycles. The van der Waals surface area contributed by atoms with Crippen LogP contribution < -0.4 is 5.32 Å². The first-order valence-electron chi connectivity index (χ1n) is 8.78. The van der Waals surface area contributed by atoms with Crippen molar-refractivity contribution in [3.8, 4) is 0 Å². The summed E-state index contributed by atoms with van der Waals surface area (Å²) in [5.74, 6) is 0.744. The molecule has 5 heteroatoms. The van der Waals surface area contributed by atoms with Gasteiger partial charge in [-0.15, -0.1) is 0 Å². The van der Waals surface area contributed by atoms with Gasteiger partial charge in [0.05, 0.1) is 0 Å². The minimum absolute atomic E-state index is 0.0142. The van der Waals surface area contributed by atoms with Crippen molar-refractivity contribution in [1.29, 1.82) is 0 Å². The van der Waals surface area contributed by atoms with E-state index in [-0.39, 0.29) is 30.4 Å². The molecule has 5 nitrogen and oxygen atoms in total. The van der Waals surface area contributed by atoms with E-state index in [9.17, 15) is 14.7 Å². The van der Waals surface area contributed by atoms with Crippen LogP contribution in [0.25, 0.3) is 0 Å². The number of hydrogen-bond donors (Lipinski definition) is 2. The van der Waals surface area contributed by atoms with Crippen molar-refractivity contribution in [2.24, 2.45) is 11.8 Å². The number of likely N-dealkylation sites (tertiary alicyclic amines) is 1. The maximum absolute atomic E-state index is 12.5. The van der Waals surface area contributed by atoms with Crippen molar-refractivity contribution in [2.75, 3.05) is 19.7 Å². The lowest BCUT2D eigenvalue weighted by Crippen LogP contribution is -2.47. The number of amides is 2. The molecule has 0 bridgehead atoms. The van der Waals surface area contributed by atoms with Gasteiger partial charge in [0, 0.05) is 38.6 Å². The smallest absolute Gasteiger partial charge is 0.223 e. The van der Waals surface area contributed by atoms with E-state index >= 15 is 0 Å². The normalized spacial score (nSPS) is 22.4. The van der Waals surface area contributed by atoms with Crippen molar-refractivity contribution in [1.82, 2.24) is 10.2 Å². The molecule has 1 atom stereocenters. The van der Waals surface area contributed by atoms with Crippen molar-refractivity contribution in [2.45, 2.75) is 64.3 Å². The van der Waals surface area contributed by atoms with Gasteiger partial charge in [0.15, 0.2) is 0 Å². The molecule has 22 heavy (non-hydrogen) atoms. The Bertz CT molecular complexity index is 372. The highest BCUT2D eigenvalue weighted by Gasteiger charge is 2.30. The second-order valence-corrected chi connectivity index (χ2v) is 6.81. The van der Waals surface area contributed by atoms with E-state index in [0.717, 1.165) is 25.7 Å². The molecule has 0 aromatic heterocycles. The number of nitrogens with zero attached hydrogens (tertiary/aromatic N) is 1. The Morgan fingerprint density at radius 1 is 1.14 bits per heavy atom. The lowest BCUT2D eigenvalue weighted by molar-refractivity contribution is -0.134. The Morgan fingerprint density at radius 2 is 1.77 bits per heavy atom. The highest BCUT2D eigenvalue weighted by Crippen LogP contribution is 2.28. The third kappa shape index (κ3) is 4.70. The van der Waals surface area contributed by atoms with E-state index in [1.54, 1.807) is 6.92 Å². The topological polar surface area (TPSA) is 69.6 Å². The lowest BCUT2D eigenvalue weighted by atomic mass is 9.82. The standard InChI is InChI=1S/C17H30N2O3/c1-13(21)19-10-7-15(8-11-19)17(22)18-16(9-12-20)14-5-3-2-4-6-14/h14-16,20H,2-12H2,1H3,(H,18,22). The fourth-order valence-electron chi connectivity index (χ4n) is 3.86. The van der Waals surface area contributed by atoms with Crippen LogP contribution >= 0.6 is 0 Å². The maximum Gasteiger partial charge on any atom is 0.223 e. The van der Waals surface area contributed by atoms with Crippen molar-refractivity contribution in [3.63, 3.8) is 0 Å². The van der Waals surface area contributed by atoms with Crippen LogP contribution in [-0.2, 0) is 9.59 Å². The number of nitrogens with one attached hydrogen (secondary N) is 1. The highest BCUT2D eigenvalue weighted by atomic mass is 16.3. The molecule has 1 aliphatic carbocycles. The van der Waals surface area contributed by atoms with Gasteiger partial charge >= 0.3 is 0 Å². The van der Waals surface area contributed by atoms with Crippen LogP contribution in [0.4, 0.5) is 0 Å². The molecule has 2 aliphatic rings. The van der Waals surface area contributed by atoms with Crippen LogP contribution in [0.2, 0.25) is 0 Å². The van der Waals surface area contributed by atoms with Crippen molar-refractivity contribution >= 4 is 11.8 Å². The summed E-state index contributed by atoms with van der Waals surface area (Å²) in [6, 6.07) is 0.114. The Labute approximate surface area is 133 Å². The summed E-state index contributed by atoms with van der Waals surface area (Å²) >= 11 is 0. The van der Waals surface area contributed by atoms with E-state index < -0.39 is 0 Å². The van der Waals surface area contributed by atoms with Crippen LogP contribution in [0.5, 0.6) is 0 Å². The Kier molecular flexibility index (Phi) is 6.68. The van der Waals surface area contributed by atoms with Gasteiger partial charge in [0.1, 0.15) is 0 Å². The summed E-state index contributed by atoms with van der Waals surface area (Å²) in [4.78, 5) is 25.7. The largest absolute Gasteiger partial charge is 0.396 e. The van der Waals surface area contributed by atoms with Crippen molar-refractivity contribution in [3.05, 3.63) is 0 Å². The molecule has 1 aliphatic heterocycles. The SMILES string of the molecule is CC(=O)N1CCC(C(=O)NC(CCO)C2CCCCC2)CC1. The first kappa shape index (κ1) is 17.3. The average molecular weight is 310 g/mol. The number of aliphatic hydroxyl groups excluding tert-OH is 1. The Hall–Kier alpha value is -1.10. The van der Waals surface area contributed by atoms with Crippen LogP contribution in [0, 0.1) is 11.8 Å². The quantitative estimate of drug-likeness (QED) is 0.812. The summed E-state index contributed by atoms with van der Waals surface area (Å²) < 4.78 is 0. The lowest BCUT2D eigenvalue weighted by Gasteiger charge is -2.34. The number of carbonyl (C=O) groups excluding carboxylic acids is 2. The highest BCUT2D eigenvalue weighted by molar-refractivity contribution is 5.79. The molecule has 0 spiro atoms. The van der Waals surface area contributed by atoms with Gasteiger partial charge in [-0.1, -0.05) is 19.3 Å². The number of rotatable bonds is 5. The number of carbonyl (C=O) groups is 2.